The van der Waals surface area contributed by atoms with Crippen LogP contribution in [0.3, 0.4) is 0 Å². The molecule has 3 nitrogen and oxygen atoms in total. The van der Waals surface area contributed by atoms with Gasteiger partial charge in [-0.15, -0.1) is 0 Å². The van der Waals surface area contributed by atoms with Crippen LogP contribution in [0.5, 0.6) is 0 Å². The SMILES string of the molecule is Cn1nccc1[C@@H]1CCCN1C(C)(C)C. The third-order valence-corrected chi connectivity index (χ3v) is 3.31. The van der Waals surface area contributed by atoms with Crippen LogP contribution in [0, 0.1) is 0 Å². The molecule has 0 N–H and O–H groups in total. The van der Waals surface area contributed by atoms with E-state index in [1.165, 1.54) is 25.1 Å². The topological polar surface area (TPSA) is 21.1 Å². The molecule has 1 aliphatic heterocycles. The Labute approximate surface area is 92.1 Å². The Balaban J connectivity index is 2.26. The van der Waals surface area contributed by atoms with Crippen LogP contribution in [0.1, 0.15) is 45.3 Å². The van der Waals surface area contributed by atoms with Gasteiger partial charge in [0.25, 0.3) is 0 Å². The summed E-state index contributed by atoms with van der Waals surface area (Å²) in [6.45, 7) is 8.09. The summed E-state index contributed by atoms with van der Waals surface area (Å²) >= 11 is 0. The highest BCUT2D eigenvalue weighted by Gasteiger charge is 2.34. The number of nitrogens with zero attached hydrogens (tertiary/aromatic N) is 3. The number of likely N-dealkylation sites (tertiary alicyclic amines) is 1. The summed E-state index contributed by atoms with van der Waals surface area (Å²) in [5.74, 6) is 0. The predicted molar refractivity (Wildman–Crippen MR) is 61.6 cm³/mol. The van der Waals surface area contributed by atoms with Crippen LogP contribution >= 0.6 is 0 Å². The molecule has 0 saturated carbocycles. The Bertz CT molecular complexity index is 335. The molecule has 2 rings (SSSR count). The van der Waals surface area contributed by atoms with Gasteiger partial charge < -0.3 is 0 Å². The summed E-state index contributed by atoms with van der Waals surface area (Å²) in [5, 5.41) is 4.27. The molecule has 84 valence electrons. The molecule has 2 heterocycles. The predicted octanol–water partition coefficient (Wildman–Crippen LogP) is 2.36. The molecule has 3 heteroatoms. The molecule has 1 aliphatic rings. The molecular weight excluding hydrogens is 186 g/mol. The number of hydrogen-bond acceptors (Lipinski definition) is 2. The lowest BCUT2D eigenvalue weighted by Gasteiger charge is -2.36. The third-order valence-electron chi connectivity index (χ3n) is 3.31. The van der Waals surface area contributed by atoms with E-state index in [1.54, 1.807) is 0 Å². The summed E-state index contributed by atoms with van der Waals surface area (Å²) in [5.41, 5.74) is 1.60. The maximum absolute atomic E-state index is 4.27. The van der Waals surface area contributed by atoms with E-state index < -0.39 is 0 Å². The van der Waals surface area contributed by atoms with Crippen molar-refractivity contribution in [2.75, 3.05) is 6.54 Å². The molecule has 1 aromatic rings. The molecule has 15 heavy (non-hydrogen) atoms. The molecule has 0 aromatic carbocycles. The van der Waals surface area contributed by atoms with Crippen molar-refractivity contribution in [3.8, 4) is 0 Å². The Morgan fingerprint density at radius 3 is 2.67 bits per heavy atom. The van der Waals surface area contributed by atoms with E-state index in [4.69, 9.17) is 0 Å². The highest BCUT2D eigenvalue weighted by Crippen LogP contribution is 2.36. The van der Waals surface area contributed by atoms with Crippen LogP contribution in [-0.4, -0.2) is 26.8 Å². The van der Waals surface area contributed by atoms with Gasteiger partial charge >= 0.3 is 0 Å². The molecule has 1 saturated heterocycles. The fourth-order valence-electron chi connectivity index (χ4n) is 2.59. The van der Waals surface area contributed by atoms with Crippen molar-refractivity contribution in [1.82, 2.24) is 14.7 Å². The van der Waals surface area contributed by atoms with Gasteiger partial charge in [-0.25, -0.2) is 0 Å². The summed E-state index contributed by atoms with van der Waals surface area (Å²) < 4.78 is 2.01. The first-order valence-electron chi connectivity index (χ1n) is 5.75. The van der Waals surface area contributed by atoms with E-state index in [0.717, 1.165) is 0 Å². The van der Waals surface area contributed by atoms with Gasteiger partial charge in [0.2, 0.25) is 0 Å². The first-order valence-corrected chi connectivity index (χ1v) is 5.75. The van der Waals surface area contributed by atoms with Crippen molar-refractivity contribution < 1.29 is 0 Å². The number of hydrogen-bond donors (Lipinski definition) is 0. The molecule has 0 aliphatic carbocycles. The zero-order chi connectivity index (χ0) is 11.1. The maximum Gasteiger partial charge on any atom is 0.0552 e. The van der Waals surface area contributed by atoms with Crippen LogP contribution in [0.2, 0.25) is 0 Å². The second-order valence-corrected chi connectivity index (χ2v) is 5.40. The second-order valence-electron chi connectivity index (χ2n) is 5.40. The quantitative estimate of drug-likeness (QED) is 0.705. The molecule has 1 atom stereocenters. The highest BCUT2D eigenvalue weighted by molar-refractivity contribution is 5.10. The Kier molecular flexibility index (Phi) is 2.59. The van der Waals surface area contributed by atoms with Crippen molar-refractivity contribution in [2.24, 2.45) is 7.05 Å². The molecule has 0 amide bonds. The van der Waals surface area contributed by atoms with Gasteiger partial charge in [0, 0.05) is 18.8 Å². The minimum Gasteiger partial charge on any atom is -0.290 e. The lowest BCUT2D eigenvalue weighted by molar-refractivity contribution is 0.117. The van der Waals surface area contributed by atoms with Gasteiger partial charge in [0.1, 0.15) is 0 Å². The number of rotatable bonds is 1. The van der Waals surface area contributed by atoms with Gasteiger partial charge in [-0.05, 0) is 46.2 Å². The maximum atomic E-state index is 4.27. The third kappa shape index (κ3) is 1.93. The minimum atomic E-state index is 0.255. The summed E-state index contributed by atoms with van der Waals surface area (Å²) in [6.07, 6.45) is 4.46. The van der Waals surface area contributed by atoms with E-state index in [0.29, 0.717) is 6.04 Å². The van der Waals surface area contributed by atoms with Crippen molar-refractivity contribution in [3.63, 3.8) is 0 Å². The van der Waals surface area contributed by atoms with Gasteiger partial charge in [-0.3, -0.25) is 9.58 Å². The van der Waals surface area contributed by atoms with Crippen LogP contribution in [0.15, 0.2) is 12.3 Å². The van der Waals surface area contributed by atoms with E-state index in [1.807, 2.05) is 17.9 Å². The summed E-state index contributed by atoms with van der Waals surface area (Å²) in [4.78, 5) is 2.59. The van der Waals surface area contributed by atoms with Crippen LogP contribution in [0.25, 0.3) is 0 Å². The highest BCUT2D eigenvalue weighted by atomic mass is 15.3. The average Bonchev–Trinajstić information content (AvgIpc) is 2.69. The Hall–Kier alpha value is -0.830. The van der Waals surface area contributed by atoms with Gasteiger partial charge in [0.05, 0.1) is 11.7 Å². The Morgan fingerprint density at radius 2 is 2.13 bits per heavy atom. The van der Waals surface area contributed by atoms with Crippen LogP contribution in [-0.2, 0) is 7.05 Å². The molecule has 0 spiro atoms. The van der Waals surface area contributed by atoms with Crippen molar-refractivity contribution >= 4 is 0 Å². The van der Waals surface area contributed by atoms with Gasteiger partial charge in [0.15, 0.2) is 0 Å². The fraction of sp³-hybridized carbons (Fsp3) is 0.750. The standard InChI is InChI=1S/C12H21N3/c1-12(2,3)15-9-5-6-11(15)10-7-8-13-14(10)4/h7-8,11H,5-6,9H2,1-4H3/t11-/m0/s1. The average molecular weight is 207 g/mol. The zero-order valence-electron chi connectivity index (χ0n) is 10.2. The summed E-state index contributed by atoms with van der Waals surface area (Å²) in [7, 11) is 2.04. The first kappa shape index (κ1) is 10.7. The Morgan fingerprint density at radius 1 is 1.40 bits per heavy atom. The zero-order valence-corrected chi connectivity index (χ0v) is 10.2. The van der Waals surface area contributed by atoms with E-state index in [-0.39, 0.29) is 5.54 Å². The van der Waals surface area contributed by atoms with E-state index in [9.17, 15) is 0 Å². The minimum absolute atomic E-state index is 0.255. The monoisotopic (exact) mass is 207 g/mol. The van der Waals surface area contributed by atoms with Crippen molar-refractivity contribution in [1.29, 1.82) is 0 Å². The summed E-state index contributed by atoms with van der Waals surface area (Å²) in [6, 6.07) is 2.70. The van der Waals surface area contributed by atoms with Crippen molar-refractivity contribution in [3.05, 3.63) is 18.0 Å². The van der Waals surface area contributed by atoms with Gasteiger partial charge in [-0.1, -0.05) is 0 Å². The largest absolute Gasteiger partial charge is 0.290 e. The number of aryl methyl sites for hydroxylation is 1. The molecular formula is C12H21N3. The second kappa shape index (κ2) is 3.63. The molecule has 0 bridgehead atoms. The molecule has 0 unspecified atom stereocenters. The van der Waals surface area contributed by atoms with E-state index >= 15 is 0 Å². The molecule has 1 fully saturated rings. The lowest BCUT2D eigenvalue weighted by atomic mass is 10.0. The van der Waals surface area contributed by atoms with Gasteiger partial charge in [-0.2, -0.15) is 5.10 Å². The molecule has 0 radical (unpaired) electrons. The van der Waals surface area contributed by atoms with E-state index in [2.05, 4.69) is 36.8 Å². The van der Waals surface area contributed by atoms with Crippen LogP contribution < -0.4 is 0 Å². The van der Waals surface area contributed by atoms with Crippen molar-refractivity contribution in [2.45, 2.75) is 45.2 Å². The number of aromatic nitrogens is 2. The molecule has 1 aromatic heterocycles. The smallest absolute Gasteiger partial charge is 0.0552 e. The first-order chi connectivity index (χ1) is 7.00. The lowest BCUT2D eigenvalue weighted by Crippen LogP contribution is -2.41. The fourth-order valence-corrected chi connectivity index (χ4v) is 2.59. The normalized spacial score (nSPS) is 23.6. The van der Waals surface area contributed by atoms with Crippen LogP contribution in [0.4, 0.5) is 0 Å².